The molecule has 0 spiro atoms. The van der Waals surface area contributed by atoms with Gasteiger partial charge in [0.25, 0.3) is 0 Å². The molecule has 0 aliphatic heterocycles. The zero-order valence-corrected chi connectivity index (χ0v) is 9.25. The van der Waals surface area contributed by atoms with E-state index in [2.05, 4.69) is 4.98 Å². The van der Waals surface area contributed by atoms with E-state index in [1.165, 1.54) is 12.1 Å². The number of carbonyl (C=O) groups excluding carboxylic acids is 2. The number of alkyl halides is 1. The number of fused-ring (bicyclic) bond motifs is 1. The Morgan fingerprint density at radius 2 is 2.19 bits per heavy atom. The summed E-state index contributed by atoms with van der Waals surface area (Å²) in [7, 11) is 0. The number of benzene rings is 1. The first-order chi connectivity index (χ1) is 7.61. The summed E-state index contributed by atoms with van der Waals surface area (Å²) in [6, 6.07) is 4.68. The molecule has 0 aliphatic carbocycles. The van der Waals surface area contributed by atoms with Crippen molar-refractivity contribution in [3.8, 4) is 0 Å². The van der Waals surface area contributed by atoms with Crippen LogP contribution in [0.1, 0.15) is 16.2 Å². The maximum absolute atomic E-state index is 11.5. The van der Waals surface area contributed by atoms with Gasteiger partial charge in [0.1, 0.15) is 5.52 Å². The van der Waals surface area contributed by atoms with E-state index in [1.54, 1.807) is 13.0 Å². The van der Waals surface area contributed by atoms with E-state index in [0.29, 0.717) is 17.0 Å². The molecule has 0 radical (unpaired) electrons. The van der Waals surface area contributed by atoms with Crippen LogP contribution in [0.2, 0.25) is 0 Å². The van der Waals surface area contributed by atoms with Gasteiger partial charge >= 0.3 is 0 Å². The third-order valence-electron chi connectivity index (χ3n) is 2.13. The minimum Gasteiger partial charge on any atom is -0.441 e. The van der Waals surface area contributed by atoms with Gasteiger partial charge in [-0.15, -0.1) is 11.6 Å². The van der Waals surface area contributed by atoms with Crippen LogP contribution in [0.3, 0.4) is 0 Å². The first kappa shape index (κ1) is 10.8. The quantitative estimate of drug-likeness (QED) is 0.466. The third kappa shape index (κ3) is 1.84. The summed E-state index contributed by atoms with van der Waals surface area (Å²) in [5, 5.41) is 0. The Morgan fingerprint density at radius 1 is 1.44 bits per heavy atom. The lowest BCUT2D eigenvalue weighted by Gasteiger charge is -1.96. The highest BCUT2D eigenvalue weighted by Crippen LogP contribution is 2.17. The van der Waals surface area contributed by atoms with Gasteiger partial charge in [0.05, 0.1) is 5.88 Å². The lowest BCUT2D eigenvalue weighted by Crippen LogP contribution is -2.15. The van der Waals surface area contributed by atoms with E-state index in [4.69, 9.17) is 16.0 Å². The van der Waals surface area contributed by atoms with Gasteiger partial charge in [-0.25, -0.2) is 4.98 Å². The van der Waals surface area contributed by atoms with Gasteiger partial charge in [0.2, 0.25) is 11.6 Å². The SMILES string of the molecule is Cc1nc2ccc(C(=O)C(=O)CCl)cc2o1. The summed E-state index contributed by atoms with van der Waals surface area (Å²) in [6.45, 7) is 1.71. The van der Waals surface area contributed by atoms with Crippen LogP contribution in [0.25, 0.3) is 11.1 Å². The van der Waals surface area contributed by atoms with Crippen LogP contribution in [0.5, 0.6) is 0 Å². The summed E-state index contributed by atoms with van der Waals surface area (Å²) in [6.07, 6.45) is 0. The minimum atomic E-state index is -0.628. The lowest BCUT2D eigenvalue weighted by atomic mass is 10.1. The maximum atomic E-state index is 11.5. The predicted octanol–water partition coefficient (Wildman–Crippen LogP) is 2.13. The standard InChI is InChI=1S/C11H8ClNO3/c1-6-13-8-3-2-7(4-10(8)16-6)11(15)9(14)5-12/h2-4H,5H2,1H3. The topological polar surface area (TPSA) is 60.2 Å². The molecule has 0 aliphatic rings. The lowest BCUT2D eigenvalue weighted by molar-refractivity contribution is -0.112. The number of aryl methyl sites for hydroxylation is 1. The van der Waals surface area contributed by atoms with Gasteiger partial charge in [-0.3, -0.25) is 9.59 Å². The number of hydrogen-bond donors (Lipinski definition) is 0. The van der Waals surface area contributed by atoms with Crippen molar-refractivity contribution in [2.75, 3.05) is 5.88 Å². The molecule has 2 aromatic rings. The number of ketones is 2. The van der Waals surface area contributed by atoms with Crippen LogP contribution in [-0.4, -0.2) is 22.4 Å². The number of nitrogens with zero attached hydrogens (tertiary/aromatic N) is 1. The van der Waals surface area contributed by atoms with Crippen LogP contribution in [0, 0.1) is 6.92 Å². The van der Waals surface area contributed by atoms with E-state index < -0.39 is 11.6 Å². The molecular formula is C11H8ClNO3. The van der Waals surface area contributed by atoms with Crippen LogP contribution >= 0.6 is 11.6 Å². The molecule has 0 N–H and O–H groups in total. The fraction of sp³-hybridized carbons (Fsp3) is 0.182. The molecule has 2 rings (SSSR count). The summed E-state index contributed by atoms with van der Waals surface area (Å²) in [5.41, 5.74) is 1.42. The Labute approximate surface area is 96.2 Å². The minimum absolute atomic E-state index is 0.273. The van der Waals surface area contributed by atoms with Crippen molar-refractivity contribution in [2.24, 2.45) is 0 Å². The molecule has 4 nitrogen and oxygen atoms in total. The molecule has 0 amide bonds. The normalized spacial score (nSPS) is 10.6. The zero-order chi connectivity index (χ0) is 11.7. The zero-order valence-electron chi connectivity index (χ0n) is 8.49. The molecule has 1 aromatic heterocycles. The van der Waals surface area contributed by atoms with Gasteiger partial charge < -0.3 is 4.42 Å². The van der Waals surface area contributed by atoms with Crippen LogP contribution in [0.15, 0.2) is 22.6 Å². The average Bonchev–Trinajstić information content (AvgIpc) is 2.65. The van der Waals surface area contributed by atoms with Crippen molar-refractivity contribution in [3.05, 3.63) is 29.7 Å². The summed E-state index contributed by atoms with van der Waals surface area (Å²) >= 11 is 5.31. The number of hydrogen-bond acceptors (Lipinski definition) is 4. The van der Waals surface area contributed by atoms with Gasteiger partial charge in [0, 0.05) is 12.5 Å². The molecule has 1 heterocycles. The highest BCUT2D eigenvalue weighted by Gasteiger charge is 2.16. The third-order valence-corrected chi connectivity index (χ3v) is 2.37. The smallest absolute Gasteiger partial charge is 0.229 e. The molecular weight excluding hydrogens is 230 g/mol. The molecule has 0 atom stereocenters. The highest BCUT2D eigenvalue weighted by atomic mass is 35.5. The van der Waals surface area contributed by atoms with Gasteiger partial charge in [0.15, 0.2) is 11.5 Å². The molecule has 0 fully saturated rings. The van der Waals surface area contributed by atoms with Crippen molar-refractivity contribution in [1.82, 2.24) is 4.98 Å². The Morgan fingerprint density at radius 3 is 2.88 bits per heavy atom. The number of halogens is 1. The number of Topliss-reactive ketones (excluding diaryl/α,β-unsaturated/α-hetero) is 2. The van der Waals surface area contributed by atoms with Crippen molar-refractivity contribution in [1.29, 1.82) is 0 Å². The van der Waals surface area contributed by atoms with Crippen molar-refractivity contribution >= 4 is 34.3 Å². The first-order valence-corrected chi connectivity index (χ1v) is 5.16. The molecule has 1 aromatic carbocycles. The van der Waals surface area contributed by atoms with Crippen LogP contribution < -0.4 is 0 Å². The largest absolute Gasteiger partial charge is 0.441 e. The Balaban J connectivity index is 2.46. The van der Waals surface area contributed by atoms with E-state index in [0.717, 1.165) is 0 Å². The first-order valence-electron chi connectivity index (χ1n) is 4.62. The number of aromatic nitrogens is 1. The van der Waals surface area contributed by atoms with E-state index in [1.807, 2.05) is 0 Å². The second-order valence-corrected chi connectivity index (χ2v) is 3.57. The highest BCUT2D eigenvalue weighted by molar-refractivity contribution is 6.51. The molecule has 0 saturated heterocycles. The van der Waals surface area contributed by atoms with Crippen molar-refractivity contribution in [2.45, 2.75) is 6.92 Å². The maximum Gasteiger partial charge on any atom is 0.229 e. The van der Waals surface area contributed by atoms with Crippen LogP contribution in [0.4, 0.5) is 0 Å². The van der Waals surface area contributed by atoms with Crippen molar-refractivity contribution in [3.63, 3.8) is 0 Å². The second kappa shape index (κ2) is 4.06. The summed E-state index contributed by atoms with van der Waals surface area (Å²) in [5.74, 6) is -1.03. The van der Waals surface area contributed by atoms with Gasteiger partial charge in [-0.05, 0) is 18.2 Å². The molecule has 82 valence electrons. The molecule has 0 bridgehead atoms. The second-order valence-electron chi connectivity index (χ2n) is 3.30. The number of carbonyl (C=O) groups is 2. The summed E-state index contributed by atoms with van der Waals surface area (Å²) < 4.78 is 5.26. The van der Waals surface area contributed by atoms with Crippen molar-refractivity contribution < 1.29 is 14.0 Å². The monoisotopic (exact) mass is 237 g/mol. The van der Waals surface area contributed by atoms with E-state index in [-0.39, 0.29) is 11.4 Å². The van der Waals surface area contributed by atoms with Gasteiger partial charge in [-0.1, -0.05) is 0 Å². The summed E-state index contributed by atoms with van der Waals surface area (Å²) in [4.78, 5) is 26.7. The number of rotatable bonds is 3. The van der Waals surface area contributed by atoms with Gasteiger partial charge in [-0.2, -0.15) is 0 Å². The molecule has 16 heavy (non-hydrogen) atoms. The van der Waals surface area contributed by atoms with E-state index in [9.17, 15) is 9.59 Å². The van der Waals surface area contributed by atoms with Crippen LogP contribution in [-0.2, 0) is 4.79 Å². The Kier molecular flexibility index (Phi) is 2.75. The fourth-order valence-corrected chi connectivity index (χ4v) is 1.52. The Bertz CT molecular complexity index is 574. The average molecular weight is 238 g/mol. The molecule has 0 unspecified atom stereocenters. The van der Waals surface area contributed by atoms with E-state index >= 15 is 0 Å². The molecule has 0 saturated carbocycles. The molecule has 5 heteroatoms. The fourth-order valence-electron chi connectivity index (χ4n) is 1.40. The number of oxazole rings is 1. The Hall–Kier alpha value is -1.68. The predicted molar refractivity (Wildman–Crippen MR) is 58.8 cm³/mol.